The van der Waals surface area contributed by atoms with Crippen LogP contribution >= 0.6 is 0 Å². The number of pyridine rings is 1. The summed E-state index contributed by atoms with van der Waals surface area (Å²) in [5, 5.41) is 0. The third-order valence-corrected chi connectivity index (χ3v) is 2.68. The molecule has 0 fully saturated rings. The Kier molecular flexibility index (Phi) is 3.01. The number of aryl methyl sites for hydroxylation is 2. The first-order chi connectivity index (χ1) is 7.76. The summed E-state index contributed by atoms with van der Waals surface area (Å²) in [6.45, 7) is 4.60. The molecular weight excluding hydrogens is 200 g/mol. The average Bonchev–Trinajstić information content (AvgIpc) is 2.77. The zero-order valence-electron chi connectivity index (χ0n) is 9.64. The fraction of sp³-hybridized carbons (Fsp3) is 0.333. The Hall–Kier alpha value is -1.68. The summed E-state index contributed by atoms with van der Waals surface area (Å²) in [4.78, 5) is 8.82. The van der Waals surface area contributed by atoms with Crippen molar-refractivity contribution >= 4 is 0 Å². The van der Waals surface area contributed by atoms with E-state index in [-0.39, 0.29) is 0 Å². The Bertz CT molecular complexity index is 488. The van der Waals surface area contributed by atoms with Gasteiger partial charge < -0.3 is 5.73 Å². The number of hydrogen-bond acceptors (Lipinski definition) is 3. The van der Waals surface area contributed by atoms with E-state index in [0.29, 0.717) is 6.54 Å². The zero-order chi connectivity index (χ0) is 11.5. The molecule has 0 aliphatic heterocycles. The molecule has 0 atom stereocenters. The Morgan fingerprint density at radius 1 is 1.38 bits per heavy atom. The summed E-state index contributed by atoms with van der Waals surface area (Å²) in [5.41, 5.74) is 7.68. The predicted molar refractivity (Wildman–Crippen MR) is 63.4 cm³/mol. The van der Waals surface area contributed by atoms with Gasteiger partial charge in [0.1, 0.15) is 11.6 Å². The van der Waals surface area contributed by atoms with Crippen LogP contribution in [0.15, 0.2) is 24.5 Å². The third-order valence-electron chi connectivity index (χ3n) is 2.68. The van der Waals surface area contributed by atoms with E-state index in [2.05, 4.69) is 16.9 Å². The van der Waals surface area contributed by atoms with Crippen LogP contribution in [-0.2, 0) is 13.0 Å². The molecular formula is C12H16N4. The molecule has 0 radical (unpaired) electrons. The molecule has 0 bridgehead atoms. The lowest BCUT2D eigenvalue weighted by Gasteiger charge is -2.08. The van der Waals surface area contributed by atoms with Gasteiger partial charge in [-0.25, -0.2) is 9.97 Å². The van der Waals surface area contributed by atoms with Crippen molar-refractivity contribution in [1.29, 1.82) is 0 Å². The molecule has 84 valence electrons. The van der Waals surface area contributed by atoms with Crippen LogP contribution in [0.3, 0.4) is 0 Å². The molecule has 0 aliphatic rings. The lowest BCUT2D eigenvalue weighted by Crippen LogP contribution is -2.06. The SMILES string of the molecule is CCc1nccn1-c1ccc(CN)c(C)n1. The van der Waals surface area contributed by atoms with Gasteiger partial charge in [0, 0.05) is 31.1 Å². The van der Waals surface area contributed by atoms with Crippen molar-refractivity contribution in [1.82, 2.24) is 14.5 Å². The van der Waals surface area contributed by atoms with E-state index in [1.54, 1.807) is 6.20 Å². The normalized spacial score (nSPS) is 10.7. The molecule has 4 nitrogen and oxygen atoms in total. The highest BCUT2D eigenvalue weighted by Crippen LogP contribution is 2.12. The second-order valence-electron chi connectivity index (χ2n) is 3.69. The molecule has 2 aromatic rings. The molecule has 0 unspecified atom stereocenters. The fourth-order valence-corrected chi connectivity index (χ4v) is 1.73. The molecule has 0 aliphatic carbocycles. The van der Waals surface area contributed by atoms with Crippen LogP contribution in [0.4, 0.5) is 0 Å². The maximum Gasteiger partial charge on any atom is 0.138 e. The smallest absolute Gasteiger partial charge is 0.138 e. The molecule has 0 saturated carbocycles. The summed E-state index contributed by atoms with van der Waals surface area (Å²) in [5.74, 6) is 1.93. The summed E-state index contributed by atoms with van der Waals surface area (Å²) in [6.07, 6.45) is 4.63. The first kappa shape index (κ1) is 10.8. The van der Waals surface area contributed by atoms with Crippen molar-refractivity contribution in [3.05, 3.63) is 41.6 Å². The van der Waals surface area contributed by atoms with E-state index >= 15 is 0 Å². The van der Waals surface area contributed by atoms with E-state index in [1.807, 2.05) is 29.8 Å². The van der Waals surface area contributed by atoms with E-state index in [0.717, 1.165) is 29.3 Å². The van der Waals surface area contributed by atoms with Crippen LogP contribution in [0.5, 0.6) is 0 Å². The molecule has 2 N–H and O–H groups in total. The van der Waals surface area contributed by atoms with Gasteiger partial charge in [-0.1, -0.05) is 13.0 Å². The summed E-state index contributed by atoms with van der Waals surface area (Å²) < 4.78 is 2.01. The van der Waals surface area contributed by atoms with Crippen LogP contribution in [0.1, 0.15) is 24.0 Å². The zero-order valence-corrected chi connectivity index (χ0v) is 9.64. The van der Waals surface area contributed by atoms with Crippen molar-refractivity contribution in [2.24, 2.45) is 5.73 Å². The second-order valence-corrected chi connectivity index (χ2v) is 3.69. The third kappa shape index (κ3) is 1.84. The largest absolute Gasteiger partial charge is 0.326 e. The van der Waals surface area contributed by atoms with E-state index in [1.165, 1.54) is 0 Å². The molecule has 4 heteroatoms. The van der Waals surface area contributed by atoms with Crippen LogP contribution in [0, 0.1) is 6.92 Å². The Balaban J connectivity index is 2.45. The molecule has 0 spiro atoms. The van der Waals surface area contributed by atoms with Gasteiger partial charge in [0.15, 0.2) is 0 Å². The number of aromatic nitrogens is 3. The maximum absolute atomic E-state index is 5.62. The van der Waals surface area contributed by atoms with Crippen LogP contribution in [-0.4, -0.2) is 14.5 Å². The number of nitrogens with zero attached hydrogens (tertiary/aromatic N) is 3. The first-order valence-electron chi connectivity index (χ1n) is 5.45. The minimum absolute atomic E-state index is 0.531. The predicted octanol–water partition coefficient (Wildman–Crippen LogP) is 1.60. The van der Waals surface area contributed by atoms with Crippen molar-refractivity contribution in [3.63, 3.8) is 0 Å². The highest BCUT2D eigenvalue weighted by Gasteiger charge is 2.05. The highest BCUT2D eigenvalue weighted by molar-refractivity contribution is 5.31. The van der Waals surface area contributed by atoms with Gasteiger partial charge in [-0.05, 0) is 18.6 Å². The van der Waals surface area contributed by atoms with Gasteiger partial charge >= 0.3 is 0 Å². The van der Waals surface area contributed by atoms with Crippen LogP contribution < -0.4 is 5.73 Å². The lowest BCUT2D eigenvalue weighted by molar-refractivity contribution is 0.856. The fourth-order valence-electron chi connectivity index (χ4n) is 1.73. The minimum atomic E-state index is 0.531. The standard InChI is InChI=1S/C12H16N4/c1-3-11-14-6-7-16(11)12-5-4-10(8-13)9(2)15-12/h4-7H,3,8,13H2,1-2H3. The molecule has 2 heterocycles. The summed E-state index contributed by atoms with van der Waals surface area (Å²) in [6, 6.07) is 4.01. The number of imidazole rings is 1. The Morgan fingerprint density at radius 2 is 2.19 bits per heavy atom. The number of hydrogen-bond donors (Lipinski definition) is 1. The van der Waals surface area contributed by atoms with Gasteiger partial charge in [0.25, 0.3) is 0 Å². The molecule has 0 amide bonds. The summed E-state index contributed by atoms with van der Waals surface area (Å²) in [7, 11) is 0. The van der Waals surface area contributed by atoms with Crippen molar-refractivity contribution in [3.8, 4) is 5.82 Å². The molecule has 0 saturated heterocycles. The van der Waals surface area contributed by atoms with E-state index in [9.17, 15) is 0 Å². The van der Waals surface area contributed by atoms with Gasteiger partial charge in [0.2, 0.25) is 0 Å². The Morgan fingerprint density at radius 3 is 2.81 bits per heavy atom. The molecule has 2 rings (SSSR count). The van der Waals surface area contributed by atoms with E-state index in [4.69, 9.17) is 5.73 Å². The average molecular weight is 216 g/mol. The number of nitrogens with two attached hydrogens (primary N) is 1. The molecule has 2 aromatic heterocycles. The Labute approximate surface area is 95.1 Å². The monoisotopic (exact) mass is 216 g/mol. The highest BCUT2D eigenvalue weighted by atomic mass is 15.1. The topological polar surface area (TPSA) is 56.7 Å². The van der Waals surface area contributed by atoms with Crippen molar-refractivity contribution in [2.75, 3.05) is 0 Å². The molecule has 0 aromatic carbocycles. The van der Waals surface area contributed by atoms with Crippen LogP contribution in [0.25, 0.3) is 5.82 Å². The van der Waals surface area contributed by atoms with Gasteiger partial charge in [-0.3, -0.25) is 4.57 Å². The van der Waals surface area contributed by atoms with Crippen molar-refractivity contribution in [2.45, 2.75) is 26.8 Å². The second kappa shape index (κ2) is 4.45. The van der Waals surface area contributed by atoms with Gasteiger partial charge in [0.05, 0.1) is 0 Å². The van der Waals surface area contributed by atoms with E-state index < -0.39 is 0 Å². The minimum Gasteiger partial charge on any atom is -0.326 e. The number of rotatable bonds is 3. The maximum atomic E-state index is 5.62. The quantitative estimate of drug-likeness (QED) is 0.847. The summed E-state index contributed by atoms with van der Waals surface area (Å²) >= 11 is 0. The van der Waals surface area contributed by atoms with Gasteiger partial charge in [-0.15, -0.1) is 0 Å². The first-order valence-corrected chi connectivity index (χ1v) is 5.45. The lowest BCUT2D eigenvalue weighted by atomic mass is 10.2. The molecule has 16 heavy (non-hydrogen) atoms. The van der Waals surface area contributed by atoms with Gasteiger partial charge in [-0.2, -0.15) is 0 Å². The van der Waals surface area contributed by atoms with Crippen molar-refractivity contribution < 1.29 is 0 Å². The van der Waals surface area contributed by atoms with Crippen LogP contribution in [0.2, 0.25) is 0 Å².